The minimum atomic E-state index is -0.282. The van der Waals surface area contributed by atoms with Crippen LogP contribution < -0.4 is 4.74 Å². The maximum atomic E-state index is 13.0. The molecule has 6 heteroatoms. The highest BCUT2D eigenvalue weighted by atomic mass is 35.5. The average Bonchev–Trinajstić information content (AvgIpc) is 2.90. The summed E-state index contributed by atoms with van der Waals surface area (Å²) in [5, 5.41) is 0. The molecule has 3 rings (SSSR count). The van der Waals surface area contributed by atoms with Gasteiger partial charge in [0.25, 0.3) is 0 Å². The lowest BCUT2D eigenvalue weighted by Gasteiger charge is -2.07. The van der Waals surface area contributed by atoms with Gasteiger partial charge in [-0.1, -0.05) is 0 Å². The van der Waals surface area contributed by atoms with E-state index in [1.165, 1.54) is 12.1 Å². The van der Waals surface area contributed by atoms with Crippen LogP contribution in [0.15, 0.2) is 36.7 Å². The second-order valence-electron chi connectivity index (χ2n) is 4.22. The number of ether oxygens (including phenoxy) is 1. The molecule has 0 atom stereocenters. The number of halogens is 2. The summed E-state index contributed by atoms with van der Waals surface area (Å²) in [5.41, 5.74) is 2.22. The molecule has 0 N–H and O–H groups in total. The molecule has 0 bridgehead atoms. The Morgan fingerprint density at radius 3 is 2.70 bits per heavy atom. The topological polar surface area (TPSA) is 39.4 Å². The van der Waals surface area contributed by atoms with Gasteiger partial charge in [-0.2, -0.15) is 0 Å². The second-order valence-corrected chi connectivity index (χ2v) is 4.49. The van der Waals surface area contributed by atoms with Crippen molar-refractivity contribution in [1.82, 2.24) is 14.4 Å². The third kappa shape index (κ3) is 2.10. The molecule has 0 fully saturated rings. The molecular weight excluding hydrogens is 281 g/mol. The number of nitrogens with zero attached hydrogens (tertiary/aromatic N) is 3. The van der Waals surface area contributed by atoms with Crippen molar-refractivity contribution in [2.75, 3.05) is 7.11 Å². The Labute approximate surface area is 119 Å². The van der Waals surface area contributed by atoms with E-state index in [-0.39, 0.29) is 11.7 Å². The normalized spacial score (nSPS) is 10.9. The highest BCUT2D eigenvalue weighted by Crippen LogP contribution is 2.25. The molecule has 0 saturated heterocycles. The molecule has 0 unspecified atom stereocenters. The van der Waals surface area contributed by atoms with Crippen LogP contribution in [0, 0.1) is 5.82 Å². The van der Waals surface area contributed by atoms with E-state index in [0.717, 1.165) is 11.1 Å². The van der Waals surface area contributed by atoms with Crippen LogP contribution in [0.4, 0.5) is 4.39 Å². The quantitative estimate of drug-likeness (QED) is 0.695. The lowest BCUT2D eigenvalue weighted by atomic mass is 10.2. The fraction of sp³-hybridized carbons (Fsp3) is 0.143. The lowest BCUT2D eigenvalue weighted by molar-refractivity contribution is 0.400. The van der Waals surface area contributed by atoms with Crippen molar-refractivity contribution in [2.45, 2.75) is 5.88 Å². The van der Waals surface area contributed by atoms with Crippen molar-refractivity contribution in [1.29, 1.82) is 0 Å². The SMILES string of the molecule is COc1nc(CCl)cn2c(-c3ccc(F)cc3)ncc12. The first-order valence-electron chi connectivity index (χ1n) is 5.96. The number of imidazole rings is 1. The molecule has 0 amide bonds. The predicted molar refractivity (Wildman–Crippen MR) is 74.5 cm³/mol. The molecule has 4 nitrogen and oxygen atoms in total. The summed E-state index contributed by atoms with van der Waals surface area (Å²) < 4.78 is 20.1. The maximum Gasteiger partial charge on any atom is 0.240 e. The molecule has 0 aliphatic rings. The number of aromatic nitrogens is 3. The van der Waals surface area contributed by atoms with Gasteiger partial charge in [-0.05, 0) is 24.3 Å². The first-order chi connectivity index (χ1) is 9.72. The number of hydrogen-bond acceptors (Lipinski definition) is 3. The number of benzene rings is 1. The van der Waals surface area contributed by atoms with Gasteiger partial charge in [-0.15, -0.1) is 11.6 Å². The molecular formula is C14H11ClFN3O. The van der Waals surface area contributed by atoms with E-state index < -0.39 is 0 Å². The zero-order valence-corrected chi connectivity index (χ0v) is 11.4. The van der Waals surface area contributed by atoms with E-state index in [1.807, 2.05) is 4.40 Å². The van der Waals surface area contributed by atoms with Gasteiger partial charge in [0, 0.05) is 11.8 Å². The Bertz CT molecular complexity index is 755. The van der Waals surface area contributed by atoms with Crippen molar-refractivity contribution >= 4 is 17.1 Å². The number of methoxy groups -OCH3 is 1. The molecule has 20 heavy (non-hydrogen) atoms. The van der Waals surface area contributed by atoms with Gasteiger partial charge in [0.05, 0.1) is 24.9 Å². The van der Waals surface area contributed by atoms with Crippen LogP contribution in [0.3, 0.4) is 0 Å². The third-order valence-corrected chi connectivity index (χ3v) is 3.25. The third-order valence-electron chi connectivity index (χ3n) is 2.97. The zero-order chi connectivity index (χ0) is 14.1. The molecule has 2 aromatic heterocycles. The van der Waals surface area contributed by atoms with Crippen LogP contribution in [0.25, 0.3) is 16.9 Å². The monoisotopic (exact) mass is 291 g/mol. The molecule has 2 heterocycles. The smallest absolute Gasteiger partial charge is 0.240 e. The molecule has 0 radical (unpaired) electrons. The van der Waals surface area contributed by atoms with Gasteiger partial charge in [0.1, 0.15) is 17.2 Å². The fourth-order valence-electron chi connectivity index (χ4n) is 2.04. The van der Waals surface area contributed by atoms with Crippen LogP contribution in [0.1, 0.15) is 5.69 Å². The molecule has 1 aromatic carbocycles. The summed E-state index contributed by atoms with van der Waals surface area (Å²) >= 11 is 5.84. The van der Waals surface area contributed by atoms with Gasteiger partial charge in [-0.25, -0.2) is 14.4 Å². The van der Waals surface area contributed by atoms with E-state index in [4.69, 9.17) is 16.3 Å². The molecule has 3 aromatic rings. The maximum absolute atomic E-state index is 13.0. The number of hydrogen-bond donors (Lipinski definition) is 0. The van der Waals surface area contributed by atoms with E-state index in [1.54, 1.807) is 31.6 Å². The van der Waals surface area contributed by atoms with E-state index in [9.17, 15) is 4.39 Å². The second kappa shape index (κ2) is 5.09. The minimum Gasteiger partial charge on any atom is -0.479 e. The summed E-state index contributed by atoms with van der Waals surface area (Å²) in [7, 11) is 1.55. The van der Waals surface area contributed by atoms with Gasteiger partial charge in [0.2, 0.25) is 5.88 Å². The first kappa shape index (κ1) is 12.9. The van der Waals surface area contributed by atoms with Crippen LogP contribution >= 0.6 is 11.6 Å². The van der Waals surface area contributed by atoms with Crippen LogP contribution in [-0.2, 0) is 5.88 Å². The van der Waals surface area contributed by atoms with E-state index >= 15 is 0 Å². The zero-order valence-electron chi connectivity index (χ0n) is 10.7. The van der Waals surface area contributed by atoms with Crippen molar-refractivity contribution in [2.24, 2.45) is 0 Å². The summed E-state index contributed by atoms with van der Waals surface area (Å²) in [6, 6.07) is 6.16. The van der Waals surface area contributed by atoms with Gasteiger partial charge in [-0.3, -0.25) is 4.40 Å². The standard InChI is InChI=1S/C14H11ClFN3O/c1-20-14-12-7-17-13(9-2-4-10(16)5-3-9)19(12)8-11(6-15)18-14/h2-5,7-8H,6H2,1H3. The summed E-state index contributed by atoms with van der Waals surface area (Å²) in [6.07, 6.45) is 3.47. The number of fused-ring (bicyclic) bond motifs is 1. The minimum absolute atomic E-state index is 0.271. The molecule has 0 aliphatic carbocycles. The highest BCUT2D eigenvalue weighted by Gasteiger charge is 2.12. The summed E-state index contributed by atoms with van der Waals surface area (Å²) in [4.78, 5) is 8.64. The van der Waals surface area contributed by atoms with Crippen molar-refractivity contribution < 1.29 is 9.13 Å². The van der Waals surface area contributed by atoms with Gasteiger partial charge >= 0.3 is 0 Å². The van der Waals surface area contributed by atoms with Crippen LogP contribution in [0.2, 0.25) is 0 Å². The predicted octanol–water partition coefficient (Wildman–Crippen LogP) is 3.28. The van der Waals surface area contributed by atoms with Crippen molar-refractivity contribution in [3.05, 3.63) is 48.2 Å². The van der Waals surface area contributed by atoms with Gasteiger partial charge in [0.15, 0.2) is 0 Å². The Kier molecular flexibility index (Phi) is 3.28. The van der Waals surface area contributed by atoms with Crippen LogP contribution in [-0.4, -0.2) is 21.5 Å². The summed E-state index contributed by atoms with van der Waals surface area (Å²) in [5.74, 6) is 1.14. The molecule has 0 aliphatic heterocycles. The fourth-order valence-corrected chi connectivity index (χ4v) is 2.17. The molecule has 0 spiro atoms. The Morgan fingerprint density at radius 1 is 1.30 bits per heavy atom. The molecule has 102 valence electrons. The van der Waals surface area contributed by atoms with Gasteiger partial charge < -0.3 is 4.74 Å². The van der Waals surface area contributed by atoms with E-state index in [0.29, 0.717) is 17.4 Å². The number of alkyl halides is 1. The first-order valence-corrected chi connectivity index (χ1v) is 6.49. The Morgan fingerprint density at radius 2 is 2.05 bits per heavy atom. The summed E-state index contributed by atoms with van der Waals surface area (Å²) in [6.45, 7) is 0. The van der Waals surface area contributed by atoms with Crippen molar-refractivity contribution in [3.8, 4) is 17.3 Å². The largest absolute Gasteiger partial charge is 0.479 e. The Hall–Kier alpha value is -2.14. The Balaban J connectivity index is 2.24. The number of rotatable bonds is 3. The highest BCUT2D eigenvalue weighted by molar-refractivity contribution is 6.16. The average molecular weight is 292 g/mol. The molecule has 0 saturated carbocycles. The van der Waals surface area contributed by atoms with E-state index in [2.05, 4.69) is 9.97 Å². The van der Waals surface area contributed by atoms with Crippen LogP contribution in [0.5, 0.6) is 5.88 Å². The lowest BCUT2D eigenvalue weighted by Crippen LogP contribution is -1.99. The van der Waals surface area contributed by atoms with Crippen molar-refractivity contribution in [3.63, 3.8) is 0 Å².